The van der Waals surface area contributed by atoms with Gasteiger partial charge in [0.1, 0.15) is 5.82 Å². The van der Waals surface area contributed by atoms with Crippen molar-refractivity contribution >= 4 is 5.78 Å². The third-order valence-electron chi connectivity index (χ3n) is 3.16. The number of carbonyl (C=O) groups is 1. The third-order valence-corrected chi connectivity index (χ3v) is 3.16. The van der Waals surface area contributed by atoms with Crippen molar-refractivity contribution in [1.29, 1.82) is 0 Å². The molecule has 2 heterocycles. The van der Waals surface area contributed by atoms with Crippen LogP contribution < -0.4 is 0 Å². The molecule has 0 saturated carbocycles. The number of nitrogens with zero attached hydrogens (tertiary/aromatic N) is 1. The molecule has 0 N–H and O–H groups in total. The number of rotatable bonds is 0. The fraction of sp³-hybridized carbons (Fsp3) is 0.188. The first-order valence-electron chi connectivity index (χ1n) is 6.23. The highest BCUT2D eigenvalue weighted by Crippen LogP contribution is 2.17. The van der Waals surface area contributed by atoms with Crippen LogP contribution in [0, 0.1) is 17.7 Å². The summed E-state index contributed by atoms with van der Waals surface area (Å²) in [5.74, 6) is 5.77. The van der Waals surface area contributed by atoms with Crippen molar-refractivity contribution in [3.05, 3.63) is 59.2 Å². The zero-order valence-corrected chi connectivity index (χ0v) is 10.3. The number of benzene rings is 1. The maximum atomic E-state index is 13.0. The summed E-state index contributed by atoms with van der Waals surface area (Å²) in [7, 11) is 0. The van der Waals surface area contributed by atoms with Gasteiger partial charge in [-0.1, -0.05) is 17.9 Å². The molecule has 0 aliphatic carbocycles. The maximum absolute atomic E-state index is 13.0. The van der Waals surface area contributed by atoms with E-state index in [4.69, 9.17) is 0 Å². The van der Waals surface area contributed by atoms with Crippen molar-refractivity contribution in [1.82, 2.24) is 4.57 Å². The zero-order valence-electron chi connectivity index (χ0n) is 10.3. The lowest BCUT2D eigenvalue weighted by Crippen LogP contribution is -2.14. The minimum atomic E-state index is -0.293. The first kappa shape index (κ1) is 11.7. The molecule has 2 aromatic rings. The average Bonchev–Trinajstić information content (AvgIpc) is 2.81. The molecule has 0 saturated heterocycles. The van der Waals surface area contributed by atoms with Gasteiger partial charge in [0.25, 0.3) is 0 Å². The minimum Gasteiger partial charge on any atom is -0.344 e. The summed E-state index contributed by atoms with van der Waals surface area (Å²) in [6, 6.07) is 7.99. The van der Waals surface area contributed by atoms with Gasteiger partial charge in [0.2, 0.25) is 0 Å². The largest absolute Gasteiger partial charge is 0.344 e. The highest BCUT2D eigenvalue weighted by molar-refractivity contribution is 5.95. The van der Waals surface area contributed by atoms with Gasteiger partial charge in [0.05, 0.1) is 5.69 Å². The van der Waals surface area contributed by atoms with E-state index in [0.717, 1.165) is 24.2 Å². The number of aromatic nitrogens is 1. The Labute approximate surface area is 110 Å². The van der Waals surface area contributed by atoms with E-state index >= 15 is 0 Å². The van der Waals surface area contributed by atoms with Crippen LogP contribution in [-0.4, -0.2) is 10.4 Å². The topological polar surface area (TPSA) is 22.0 Å². The molecule has 0 unspecified atom stereocenters. The number of Topliss-reactive ketones (excluding diaryl/α,β-unsaturated/α-hetero) is 1. The van der Waals surface area contributed by atoms with Crippen LogP contribution in [0.2, 0.25) is 0 Å². The summed E-state index contributed by atoms with van der Waals surface area (Å²) in [5, 5.41) is 0. The number of ketones is 1. The quantitative estimate of drug-likeness (QED) is 0.661. The van der Waals surface area contributed by atoms with Gasteiger partial charge in [-0.2, -0.15) is 0 Å². The van der Waals surface area contributed by atoms with Gasteiger partial charge in [-0.3, -0.25) is 4.79 Å². The predicted octanol–water partition coefficient (Wildman–Crippen LogP) is 3.00. The molecular weight excluding hydrogens is 241 g/mol. The van der Waals surface area contributed by atoms with Crippen molar-refractivity contribution in [2.24, 2.45) is 0 Å². The van der Waals surface area contributed by atoms with Gasteiger partial charge in [-0.25, -0.2) is 4.39 Å². The Hall–Kier alpha value is -2.34. The summed E-state index contributed by atoms with van der Waals surface area (Å²) in [5.41, 5.74) is 2.17. The predicted molar refractivity (Wildman–Crippen MR) is 70.4 cm³/mol. The third kappa shape index (κ3) is 2.43. The standard InChI is InChI=1S/C16H12FNO/c17-14-4-1-3-12(9-14)6-7-13-10-15-16(19)5-2-8-18(15)11-13/h1,3-4,9-11H,2,5,8H2. The van der Waals surface area contributed by atoms with Crippen molar-refractivity contribution < 1.29 is 9.18 Å². The molecule has 0 amide bonds. The van der Waals surface area contributed by atoms with Gasteiger partial charge < -0.3 is 4.57 Å². The van der Waals surface area contributed by atoms with Gasteiger partial charge in [-0.15, -0.1) is 0 Å². The molecule has 3 rings (SSSR count). The minimum absolute atomic E-state index is 0.171. The molecule has 3 heteroatoms. The first-order chi connectivity index (χ1) is 9.22. The fourth-order valence-electron chi connectivity index (χ4n) is 2.25. The number of fused-ring (bicyclic) bond motifs is 1. The Kier molecular flexibility index (Phi) is 2.92. The maximum Gasteiger partial charge on any atom is 0.179 e. The number of hydrogen-bond donors (Lipinski definition) is 0. The summed E-state index contributed by atoms with van der Waals surface area (Å²) >= 11 is 0. The van der Waals surface area contributed by atoms with E-state index in [1.165, 1.54) is 12.1 Å². The van der Waals surface area contributed by atoms with E-state index in [-0.39, 0.29) is 11.6 Å². The molecule has 0 radical (unpaired) electrons. The SMILES string of the molecule is O=C1CCCn2cc(C#Cc3cccc(F)c3)cc21. The smallest absolute Gasteiger partial charge is 0.179 e. The highest BCUT2D eigenvalue weighted by Gasteiger charge is 2.17. The van der Waals surface area contributed by atoms with Crippen molar-refractivity contribution in [2.45, 2.75) is 19.4 Å². The van der Waals surface area contributed by atoms with Crippen molar-refractivity contribution in [3.8, 4) is 11.8 Å². The molecule has 94 valence electrons. The van der Waals surface area contributed by atoms with Gasteiger partial charge in [0.15, 0.2) is 5.78 Å². The summed E-state index contributed by atoms with van der Waals surface area (Å²) in [4.78, 5) is 11.7. The van der Waals surface area contributed by atoms with E-state index in [9.17, 15) is 9.18 Å². The van der Waals surface area contributed by atoms with Crippen LogP contribution in [0.3, 0.4) is 0 Å². The second kappa shape index (κ2) is 4.74. The summed E-state index contributed by atoms with van der Waals surface area (Å²) in [6.07, 6.45) is 3.39. The number of carbonyl (C=O) groups excluding carboxylic acids is 1. The Balaban J connectivity index is 1.91. The lowest BCUT2D eigenvalue weighted by atomic mass is 10.1. The number of halogens is 1. The van der Waals surface area contributed by atoms with Crippen LogP contribution >= 0.6 is 0 Å². The average molecular weight is 253 g/mol. The second-order valence-electron chi connectivity index (χ2n) is 4.59. The molecule has 0 atom stereocenters. The van der Waals surface area contributed by atoms with Crippen molar-refractivity contribution in [2.75, 3.05) is 0 Å². The molecule has 0 bridgehead atoms. The normalized spacial score (nSPS) is 13.6. The lowest BCUT2D eigenvalue weighted by Gasteiger charge is -2.12. The van der Waals surface area contributed by atoms with Crippen LogP contribution in [0.4, 0.5) is 4.39 Å². The lowest BCUT2D eigenvalue weighted by molar-refractivity contribution is 0.0955. The highest BCUT2D eigenvalue weighted by atomic mass is 19.1. The molecule has 1 aliphatic heterocycles. The van der Waals surface area contributed by atoms with Crippen LogP contribution in [0.1, 0.15) is 34.5 Å². The Morgan fingerprint density at radius 3 is 2.79 bits per heavy atom. The van der Waals surface area contributed by atoms with Crippen molar-refractivity contribution in [3.63, 3.8) is 0 Å². The van der Waals surface area contributed by atoms with E-state index < -0.39 is 0 Å². The molecule has 1 aliphatic rings. The van der Waals surface area contributed by atoms with Crippen LogP contribution in [0.25, 0.3) is 0 Å². The Bertz CT molecular complexity index is 703. The Morgan fingerprint density at radius 1 is 1.16 bits per heavy atom. The van der Waals surface area contributed by atoms with Crippen LogP contribution in [0.15, 0.2) is 36.5 Å². The molecular formula is C16H12FNO. The molecule has 0 spiro atoms. The van der Waals surface area contributed by atoms with Gasteiger partial charge in [0, 0.05) is 30.3 Å². The van der Waals surface area contributed by atoms with E-state index in [1.807, 2.05) is 16.8 Å². The Morgan fingerprint density at radius 2 is 2.00 bits per heavy atom. The summed E-state index contributed by atoms with van der Waals surface area (Å²) < 4.78 is 15.0. The van der Waals surface area contributed by atoms with Crippen LogP contribution in [0.5, 0.6) is 0 Å². The van der Waals surface area contributed by atoms with Gasteiger partial charge >= 0.3 is 0 Å². The molecule has 0 fully saturated rings. The monoisotopic (exact) mass is 253 g/mol. The summed E-state index contributed by atoms with van der Waals surface area (Å²) in [6.45, 7) is 0.864. The first-order valence-corrected chi connectivity index (χ1v) is 6.23. The number of hydrogen-bond acceptors (Lipinski definition) is 1. The van der Waals surface area contributed by atoms with Crippen LogP contribution in [-0.2, 0) is 6.54 Å². The molecule has 1 aromatic carbocycles. The van der Waals surface area contributed by atoms with Gasteiger partial charge in [-0.05, 0) is 30.7 Å². The molecule has 2 nitrogen and oxygen atoms in total. The molecule has 1 aromatic heterocycles. The zero-order chi connectivity index (χ0) is 13.2. The van der Waals surface area contributed by atoms with E-state index in [1.54, 1.807) is 12.1 Å². The number of aryl methyl sites for hydroxylation is 1. The molecule has 19 heavy (non-hydrogen) atoms. The van der Waals surface area contributed by atoms with E-state index in [2.05, 4.69) is 11.8 Å². The second-order valence-corrected chi connectivity index (χ2v) is 4.59. The fourth-order valence-corrected chi connectivity index (χ4v) is 2.25. The van der Waals surface area contributed by atoms with E-state index in [0.29, 0.717) is 12.0 Å².